The number of ether oxygens (including phenoxy) is 1. The maximum absolute atomic E-state index is 12.6. The van der Waals surface area contributed by atoms with Crippen molar-refractivity contribution in [3.05, 3.63) is 65.7 Å². The van der Waals surface area contributed by atoms with E-state index in [1.807, 2.05) is 31.2 Å². The summed E-state index contributed by atoms with van der Waals surface area (Å²) in [5.41, 5.74) is 3.04. The minimum absolute atomic E-state index is 0.130. The maximum atomic E-state index is 12.6. The second kappa shape index (κ2) is 9.65. The topological polar surface area (TPSA) is 79.3 Å². The van der Waals surface area contributed by atoms with E-state index in [-0.39, 0.29) is 24.3 Å². The van der Waals surface area contributed by atoms with E-state index in [4.69, 9.17) is 0 Å². The quantitative estimate of drug-likeness (QED) is 0.477. The second-order valence-electron chi connectivity index (χ2n) is 7.05. The minimum Gasteiger partial charge on any atom is -0.406 e. The van der Waals surface area contributed by atoms with Crippen molar-refractivity contribution in [2.45, 2.75) is 32.8 Å². The van der Waals surface area contributed by atoms with E-state index < -0.39 is 6.36 Å². The van der Waals surface area contributed by atoms with Crippen LogP contribution in [0.15, 0.2) is 54.6 Å². The first kappa shape index (κ1) is 22.4. The molecule has 0 saturated carbocycles. The number of alkyl halides is 3. The number of aromatic nitrogens is 2. The standard InChI is InChI=1S/C22H23F3N4O2/c1-14-6-3-4-7-17(14)12-26-20-11-19(28-21(29-20)27-15(2)13-30)16-8-5-9-18(10-16)31-22(23,24)25/h3-11,15,30H,12-13H2,1-2H3,(H2,26,27,28,29)/t15-/m0/s1. The third kappa shape index (κ3) is 6.58. The molecule has 2 aromatic carbocycles. The first-order valence-electron chi connectivity index (χ1n) is 9.64. The molecule has 0 unspecified atom stereocenters. The molecule has 1 aromatic heterocycles. The zero-order chi connectivity index (χ0) is 22.4. The monoisotopic (exact) mass is 432 g/mol. The van der Waals surface area contributed by atoms with E-state index in [1.54, 1.807) is 19.1 Å². The molecule has 0 radical (unpaired) electrons. The lowest BCUT2D eigenvalue weighted by Gasteiger charge is -2.15. The number of hydrogen-bond donors (Lipinski definition) is 3. The highest BCUT2D eigenvalue weighted by Crippen LogP contribution is 2.29. The zero-order valence-electron chi connectivity index (χ0n) is 17.1. The number of rotatable bonds is 8. The molecular formula is C22H23F3N4O2. The molecule has 0 amide bonds. The average molecular weight is 432 g/mol. The molecule has 1 atom stereocenters. The summed E-state index contributed by atoms with van der Waals surface area (Å²) in [5, 5.41) is 15.5. The fourth-order valence-electron chi connectivity index (χ4n) is 2.86. The van der Waals surface area contributed by atoms with Crippen molar-refractivity contribution < 1.29 is 23.0 Å². The number of hydrogen-bond acceptors (Lipinski definition) is 6. The highest BCUT2D eigenvalue weighted by atomic mass is 19.4. The van der Waals surface area contributed by atoms with Gasteiger partial charge in [0.25, 0.3) is 0 Å². The van der Waals surface area contributed by atoms with Crippen LogP contribution in [0, 0.1) is 6.92 Å². The summed E-state index contributed by atoms with van der Waals surface area (Å²) < 4.78 is 41.8. The van der Waals surface area contributed by atoms with Gasteiger partial charge in [0.05, 0.1) is 12.3 Å². The molecule has 9 heteroatoms. The molecule has 6 nitrogen and oxygen atoms in total. The summed E-state index contributed by atoms with van der Waals surface area (Å²) in [6.07, 6.45) is -4.78. The third-order valence-electron chi connectivity index (χ3n) is 4.46. The lowest BCUT2D eigenvalue weighted by molar-refractivity contribution is -0.274. The number of nitrogens with one attached hydrogen (secondary N) is 2. The first-order valence-corrected chi connectivity index (χ1v) is 9.64. The van der Waals surface area contributed by atoms with E-state index in [9.17, 15) is 18.3 Å². The van der Waals surface area contributed by atoms with Gasteiger partial charge in [0.15, 0.2) is 0 Å². The summed E-state index contributed by atoms with van der Waals surface area (Å²) in [6, 6.07) is 14.8. The van der Waals surface area contributed by atoms with Crippen LogP contribution >= 0.6 is 0 Å². The van der Waals surface area contributed by atoms with Crippen molar-refractivity contribution >= 4 is 11.8 Å². The molecule has 1 heterocycles. The minimum atomic E-state index is -4.78. The number of nitrogens with zero attached hydrogens (tertiary/aromatic N) is 2. The van der Waals surface area contributed by atoms with E-state index in [1.165, 1.54) is 18.2 Å². The van der Waals surface area contributed by atoms with Crippen LogP contribution in [0.2, 0.25) is 0 Å². The molecule has 0 fully saturated rings. The largest absolute Gasteiger partial charge is 0.573 e. The Morgan fingerprint density at radius 3 is 2.55 bits per heavy atom. The highest BCUT2D eigenvalue weighted by Gasteiger charge is 2.31. The summed E-state index contributed by atoms with van der Waals surface area (Å²) in [4.78, 5) is 8.81. The molecule has 3 N–H and O–H groups in total. The zero-order valence-corrected chi connectivity index (χ0v) is 17.1. The fraction of sp³-hybridized carbons (Fsp3) is 0.273. The van der Waals surface area contributed by atoms with Gasteiger partial charge >= 0.3 is 6.36 Å². The van der Waals surface area contributed by atoms with Gasteiger partial charge in [0.2, 0.25) is 5.95 Å². The van der Waals surface area contributed by atoms with Gasteiger partial charge < -0.3 is 20.5 Å². The summed E-state index contributed by atoms with van der Waals surface area (Å²) in [5.74, 6) is 0.396. The van der Waals surface area contributed by atoms with Gasteiger partial charge in [0, 0.05) is 24.2 Å². The van der Waals surface area contributed by atoms with Crippen LogP contribution < -0.4 is 15.4 Å². The van der Waals surface area contributed by atoms with Gasteiger partial charge in [-0.3, -0.25) is 0 Å². The summed E-state index contributed by atoms with van der Waals surface area (Å²) >= 11 is 0. The van der Waals surface area contributed by atoms with Crippen LogP contribution in [0.3, 0.4) is 0 Å². The average Bonchev–Trinajstić information content (AvgIpc) is 2.72. The molecule has 0 spiro atoms. The Morgan fingerprint density at radius 2 is 1.84 bits per heavy atom. The number of aliphatic hydroxyl groups excluding tert-OH is 1. The Bertz CT molecular complexity index is 1030. The van der Waals surface area contributed by atoms with Gasteiger partial charge in [-0.05, 0) is 37.1 Å². The van der Waals surface area contributed by atoms with Crippen LogP contribution in [-0.4, -0.2) is 34.1 Å². The Morgan fingerprint density at radius 1 is 1.06 bits per heavy atom. The molecule has 0 saturated heterocycles. The maximum Gasteiger partial charge on any atom is 0.573 e. The molecule has 0 aliphatic heterocycles. The number of anilines is 2. The number of aryl methyl sites for hydroxylation is 1. The lowest BCUT2D eigenvalue weighted by atomic mass is 10.1. The fourth-order valence-corrected chi connectivity index (χ4v) is 2.86. The molecule has 3 rings (SSSR count). The third-order valence-corrected chi connectivity index (χ3v) is 4.46. The number of benzene rings is 2. The van der Waals surface area contributed by atoms with E-state index in [0.29, 0.717) is 23.6 Å². The van der Waals surface area contributed by atoms with Crippen LogP contribution in [0.5, 0.6) is 5.75 Å². The van der Waals surface area contributed by atoms with E-state index >= 15 is 0 Å². The summed E-state index contributed by atoms with van der Waals surface area (Å²) in [6.45, 7) is 4.14. The van der Waals surface area contributed by atoms with Gasteiger partial charge in [-0.15, -0.1) is 13.2 Å². The van der Waals surface area contributed by atoms with Crippen LogP contribution in [0.1, 0.15) is 18.1 Å². The second-order valence-corrected chi connectivity index (χ2v) is 7.05. The van der Waals surface area contributed by atoms with Crippen molar-refractivity contribution in [1.82, 2.24) is 9.97 Å². The Kier molecular flexibility index (Phi) is 6.96. The summed E-state index contributed by atoms with van der Waals surface area (Å²) in [7, 11) is 0. The van der Waals surface area contributed by atoms with Crippen molar-refractivity contribution in [2.24, 2.45) is 0 Å². The number of halogens is 3. The molecule has 164 valence electrons. The normalized spacial score (nSPS) is 12.3. The van der Waals surface area contributed by atoms with Gasteiger partial charge in [0.1, 0.15) is 11.6 Å². The Labute approximate surface area is 178 Å². The molecule has 31 heavy (non-hydrogen) atoms. The van der Waals surface area contributed by atoms with Crippen LogP contribution in [-0.2, 0) is 6.54 Å². The molecule has 0 aliphatic rings. The van der Waals surface area contributed by atoms with Gasteiger partial charge in [-0.1, -0.05) is 36.4 Å². The van der Waals surface area contributed by atoms with Crippen molar-refractivity contribution in [1.29, 1.82) is 0 Å². The van der Waals surface area contributed by atoms with Gasteiger partial charge in [-0.25, -0.2) is 4.98 Å². The first-order chi connectivity index (χ1) is 14.7. The number of aliphatic hydroxyl groups is 1. The molecule has 0 aliphatic carbocycles. The van der Waals surface area contributed by atoms with Crippen LogP contribution in [0.4, 0.5) is 24.9 Å². The SMILES string of the molecule is Cc1ccccc1CNc1cc(-c2cccc(OC(F)(F)F)c2)nc(N[C@@H](C)CO)n1. The van der Waals surface area contributed by atoms with Gasteiger partial charge in [-0.2, -0.15) is 4.98 Å². The molecule has 0 bridgehead atoms. The van der Waals surface area contributed by atoms with Crippen molar-refractivity contribution in [3.8, 4) is 17.0 Å². The van der Waals surface area contributed by atoms with Crippen molar-refractivity contribution in [2.75, 3.05) is 17.2 Å². The molecular weight excluding hydrogens is 409 g/mol. The van der Waals surface area contributed by atoms with E-state index in [2.05, 4.69) is 25.3 Å². The van der Waals surface area contributed by atoms with Crippen LogP contribution in [0.25, 0.3) is 11.3 Å². The van der Waals surface area contributed by atoms with E-state index in [0.717, 1.165) is 11.1 Å². The van der Waals surface area contributed by atoms with Crippen molar-refractivity contribution in [3.63, 3.8) is 0 Å². The Hall–Kier alpha value is -3.33. The highest BCUT2D eigenvalue weighted by molar-refractivity contribution is 5.66. The predicted molar refractivity (Wildman–Crippen MR) is 113 cm³/mol. The smallest absolute Gasteiger partial charge is 0.406 e. The predicted octanol–water partition coefficient (Wildman–Crippen LogP) is 4.76. The molecule has 3 aromatic rings. The Balaban J connectivity index is 1.92. The lowest BCUT2D eigenvalue weighted by Crippen LogP contribution is -2.21.